The molecular formula is C9H10ClNO2S. The van der Waals surface area contributed by atoms with Gasteiger partial charge in [0.05, 0.1) is 5.25 Å². The summed E-state index contributed by atoms with van der Waals surface area (Å²) in [6.45, 7) is 1.66. The number of nitrogens with zero attached hydrogens (tertiary/aromatic N) is 1. The van der Waals surface area contributed by atoms with E-state index in [2.05, 4.69) is 4.98 Å². The van der Waals surface area contributed by atoms with E-state index < -0.39 is 11.2 Å². The molecule has 14 heavy (non-hydrogen) atoms. The van der Waals surface area contributed by atoms with Gasteiger partial charge in [0.25, 0.3) is 0 Å². The molecule has 1 aromatic rings. The number of carbonyl (C=O) groups is 1. The third-order valence-corrected chi connectivity index (χ3v) is 3.06. The Bertz CT molecular complexity index is 315. The first-order chi connectivity index (χ1) is 6.59. The first kappa shape index (κ1) is 11.3. The van der Waals surface area contributed by atoms with Crippen LogP contribution in [0.2, 0.25) is 5.15 Å². The van der Waals surface area contributed by atoms with Gasteiger partial charge < -0.3 is 5.11 Å². The highest BCUT2D eigenvalue weighted by molar-refractivity contribution is 7.99. The van der Waals surface area contributed by atoms with Crippen LogP contribution in [0.15, 0.2) is 18.3 Å². The lowest BCUT2D eigenvalue weighted by Crippen LogP contribution is -2.11. The number of halogens is 1. The van der Waals surface area contributed by atoms with Crippen molar-refractivity contribution >= 4 is 29.3 Å². The molecule has 0 spiro atoms. The van der Waals surface area contributed by atoms with Gasteiger partial charge in [0.15, 0.2) is 0 Å². The van der Waals surface area contributed by atoms with Crippen molar-refractivity contribution in [3.8, 4) is 0 Å². The molecule has 1 rings (SSSR count). The number of rotatable bonds is 4. The Morgan fingerprint density at radius 1 is 1.71 bits per heavy atom. The minimum Gasteiger partial charge on any atom is -0.480 e. The normalized spacial score (nSPS) is 12.4. The minimum atomic E-state index is -0.795. The van der Waals surface area contributed by atoms with Gasteiger partial charge in [-0.15, -0.1) is 11.8 Å². The van der Waals surface area contributed by atoms with Gasteiger partial charge in [0, 0.05) is 11.9 Å². The van der Waals surface area contributed by atoms with Crippen LogP contribution in [0.1, 0.15) is 12.5 Å². The van der Waals surface area contributed by atoms with Gasteiger partial charge in [-0.2, -0.15) is 0 Å². The van der Waals surface area contributed by atoms with Crippen LogP contribution in [0.3, 0.4) is 0 Å². The molecule has 0 amide bonds. The number of pyridine rings is 1. The van der Waals surface area contributed by atoms with Gasteiger partial charge in [-0.3, -0.25) is 4.79 Å². The van der Waals surface area contributed by atoms with E-state index in [-0.39, 0.29) is 0 Å². The summed E-state index contributed by atoms with van der Waals surface area (Å²) in [5, 5.41) is 8.70. The van der Waals surface area contributed by atoms with E-state index in [9.17, 15) is 4.79 Å². The van der Waals surface area contributed by atoms with E-state index in [0.29, 0.717) is 10.9 Å². The largest absolute Gasteiger partial charge is 0.480 e. The highest BCUT2D eigenvalue weighted by Gasteiger charge is 2.10. The monoisotopic (exact) mass is 231 g/mol. The fourth-order valence-corrected chi connectivity index (χ4v) is 1.65. The Hall–Kier alpha value is -0.740. The van der Waals surface area contributed by atoms with Crippen LogP contribution in [0.25, 0.3) is 0 Å². The highest BCUT2D eigenvalue weighted by Crippen LogP contribution is 2.17. The van der Waals surface area contributed by atoms with Crippen LogP contribution in [-0.2, 0) is 10.5 Å². The van der Waals surface area contributed by atoms with Gasteiger partial charge in [-0.05, 0) is 18.6 Å². The first-order valence-corrected chi connectivity index (χ1v) is 5.47. The van der Waals surface area contributed by atoms with Crippen molar-refractivity contribution in [2.75, 3.05) is 0 Å². The van der Waals surface area contributed by atoms with E-state index in [1.807, 2.05) is 6.07 Å². The molecule has 0 aliphatic carbocycles. The summed E-state index contributed by atoms with van der Waals surface area (Å²) in [4.78, 5) is 14.4. The fraction of sp³-hybridized carbons (Fsp3) is 0.333. The van der Waals surface area contributed by atoms with E-state index in [1.165, 1.54) is 11.8 Å². The zero-order valence-corrected chi connectivity index (χ0v) is 9.18. The summed E-state index contributed by atoms with van der Waals surface area (Å²) in [6, 6.07) is 3.54. The quantitative estimate of drug-likeness (QED) is 0.809. The molecule has 76 valence electrons. The van der Waals surface area contributed by atoms with Crippen molar-refractivity contribution in [3.05, 3.63) is 29.0 Å². The smallest absolute Gasteiger partial charge is 0.316 e. The molecule has 1 aromatic heterocycles. The highest BCUT2D eigenvalue weighted by atomic mass is 35.5. The maximum Gasteiger partial charge on any atom is 0.316 e. The summed E-state index contributed by atoms with van der Waals surface area (Å²) in [5.41, 5.74) is 0.979. The number of hydrogen-bond donors (Lipinski definition) is 1. The van der Waals surface area contributed by atoms with Crippen LogP contribution in [0.5, 0.6) is 0 Å². The minimum absolute atomic E-state index is 0.398. The lowest BCUT2D eigenvalue weighted by Gasteiger charge is -2.05. The maximum absolute atomic E-state index is 10.5. The second-order valence-corrected chi connectivity index (χ2v) is 4.50. The molecule has 0 saturated heterocycles. The second kappa shape index (κ2) is 5.22. The molecule has 1 heterocycles. The number of aromatic nitrogens is 1. The third-order valence-electron chi connectivity index (χ3n) is 1.64. The Labute approximate surface area is 91.5 Å². The van der Waals surface area contributed by atoms with Crippen molar-refractivity contribution in [2.45, 2.75) is 17.9 Å². The Kier molecular flexibility index (Phi) is 4.22. The summed E-state index contributed by atoms with van der Waals surface area (Å²) in [7, 11) is 0. The average Bonchev–Trinajstić information content (AvgIpc) is 2.16. The fourth-order valence-electron chi connectivity index (χ4n) is 0.784. The van der Waals surface area contributed by atoms with Crippen molar-refractivity contribution in [1.29, 1.82) is 0 Å². The van der Waals surface area contributed by atoms with Crippen LogP contribution in [0.4, 0.5) is 0 Å². The van der Waals surface area contributed by atoms with Gasteiger partial charge in [0.2, 0.25) is 0 Å². The molecule has 0 aliphatic heterocycles. The molecule has 0 bridgehead atoms. The zero-order chi connectivity index (χ0) is 10.6. The average molecular weight is 232 g/mol. The van der Waals surface area contributed by atoms with Crippen molar-refractivity contribution in [1.82, 2.24) is 4.98 Å². The van der Waals surface area contributed by atoms with Crippen molar-refractivity contribution in [3.63, 3.8) is 0 Å². The van der Waals surface area contributed by atoms with Crippen LogP contribution >= 0.6 is 23.4 Å². The predicted octanol–water partition coefficient (Wildman–Crippen LogP) is 2.44. The standard InChI is InChI=1S/C9H10ClNO2S/c1-6(9(12)13)14-5-7-2-3-8(10)11-4-7/h2-4,6H,5H2,1H3,(H,12,13). The van der Waals surface area contributed by atoms with E-state index in [0.717, 1.165) is 5.56 Å². The summed E-state index contributed by atoms with van der Waals surface area (Å²) in [6.07, 6.45) is 1.66. The second-order valence-electron chi connectivity index (χ2n) is 2.78. The molecule has 0 aromatic carbocycles. The van der Waals surface area contributed by atoms with Gasteiger partial charge in [-0.1, -0.05) is 17.7 Å². The molecule has 0 radical (unpaired) electrons. The van der Waals surface area contributed by atoms with E-state index in [1.54, 1.807) is 19.2 Å². The molecular weight excluding hydrogens is 222 g/mol. The SMILES string of the molecule is CC(SCc1ccc(Cl)nc1)C(=O)O. The van der Waals surface area contributed by atoms with E-state index >= 15 is 0 Å². The molecule has 1 N–H and O–H groups in total. The van der Waals surface area contributed by atoms with Crippen LogP contribution in [0, 0.1) is 0 Å². The summed E-state index contributed by atoms with van der Waals surface area (Å²) >= 11 is 6.97. The van der Waals surface area contributed by atoms with Crippen LogP contribution < -0.4 is 0 Å². The molecule has 3 nitrogen and oxygen atoms in total. The first-order valence-electron chi connectivity index (χ1n) is 4.04. The summed E-state index contributed by atoms with van der Waals surface area (Å²) in [5.74, 6) is -0.158. The Morgan fingerprint density at radius 3 is 2.93 bits per heavy atom. The van der Waals surface area contributed by atoms with E-state index in [4.69, 9.17) is 16.7 Å². The van der Waals surface area contributed by atoms with Gasteiger partial charge in [-0.25, -0.2) is 4.98 Å². The lowest BCUT2D eigenvalue weighted by molar-refractivity contribution is -0.136. The molecule has 1 unspecified atom stereocenters. The van der Waals surface area contributed by atoms with Crippen molar-refractivity contribution < 1.29 is 9.90 Å². The number of hydrogen-bond acceptors (Lipinski definition) is 3. The van der Waals surface area contributed by atoms with Crippen molar-refractivity contribution in [2.24, 2.45) is 0 Å². The predicted molar refractivity (Wildman–Crippen MR) is 57.6 cm³/mol. The number of aliphatic carboxylic acids is 1. The topological polar surface area (TPSA) is 50.2 Å². The van der Waals surface area contributed by atoms with Gasteiger partial charge >= 0.3 is 5.97 Å². The molecule has 0 aliphatic rings. The Morgan fingerprint density at radius 2 is 2.43 bits per heavy atom. The maximum atomic E-state index is 10.5. The number of carboxylic acids is 1. The molecule has 1 atom stereocenters. The molecule has 0 saturated carbocycles. The summed E-state index contributed by atoms with van der Waals surface area (Å²) < 4.78 is 0. The van der Waals surface area contributed by atoms with Crippen LogP contribution in [-0.4, -0.2) is 21.3 Å². The zero-order valence-electron chi connectivity index (χ0n) is 7.61. The molecule has 0 fully saturated rings. The Balaban J connectivity index is 2.46. The molecule has 5 heteroatoms. The number of thioether (sulfide) groups is 1. The van der Waals surface area contributed by atoms with Gasteiger partial charge in [0.1, 0.15) is 5.15 Å². The number of carboxylic acid groups (broad SMARTS) is 1. The third kappa shape index (κ3) is 3.55. The lowest BCUT2D eigenvalue weighted by atomic mass is 10.3.